The minimum absolute atomic E-state index is 0.482. The summed E-state index contributed by atoms with van der Waals surface area (Å²) in [4.78, 5) is 4.21. The molecule has 0 aromatic carbocycles. The fraction of sp³-hybridized carbons (Fsp3) is 0.545. The van der Waals surface area contributed by atoms with Crippen LogP contribution in [0.25, 0.3) is 0 Å². The maximum absolute atomic E-state index is 10.8. The van der Waals surface area contributed by atoms with Gasteiger partial charge in [-0.05, 0) is 25.1 Å². The lowest BCUT2D eigenvalue weighted by Crippen LogP contribution is -2.27. The van der Waals surface area contributed by atoms with E-state index in [9.17, 15) is 8.42 Å². The summed E-state index contributed by atoms with van der Waals surface area (Å²) in [7, 11) is -3.05. The van der Waals surface area contributed by atoms with Crippen LogP contribution >= 0.6 is 0 Å². The molecule has 5 nitrogen and oxygen atoms in total. The van der Waals surface area contributed by atoms with Crippen molar-refractivity contribution in [3.05, 3.63) is 30.1 Å². The van der Waals surface area contributed by atoms with Crippen LogP contribution in [-0.2, 0) is 16.4 Å². The van der Waals surface area contributed by atoms with Gasteiger partial charge in [0.1, 0.15) is 0 Å². The summed E-state index contributed by atoms with van der Waals surface area (Å²) < 4.78 is 24.0. The van der Waals surface area contributed by atoms with Gasteiger partial charge in [-0.2, -0.15) is 0 Å². The Bertz CT molecular complexity index is 406. The molecule has 2 N–H and O–H groups in total. The number of rotatable bonds is 8. The first-order valence-electron chi connectivity index (χ1n) is 5.63. The van der Waals surface area contributed by atoms with E-state index in [2.05, 4.69) is 15.0 Å². The van der Waals surface area contributed by atoms with Gasteiger partial charge in [-0.1, -0.05) is 6.07 Å². The van der Waals surface area contributed by atoms with Gasteiger partial charge in [0.2, 0.25) is 10.0 Å². The number of pyridine rings is 1. The zero-order valence-corrected chi connectivity index (χ0v) is 10.8. The van der Waals surface area contributed by atoms with Gasteiger partial charge in [0, 0.05) is 31.4 Å². The van der Waals surface area contributed by atoms with Gasteiger partial charge in [0.05, 0.1) is 6.26 Å². The van der Waals surface area contributed by atoms with Gasteiger partial charge in [-0.15, -0.1) is 0 Å². The lowest BCUT2D eigenvalue weighted by Gasteiger charge is -2.04. The van der Waals surface area contributed by atoms with Crippen molar-refractivity contribution in [2.45, 2.75) is 12.8 Å². The average molecular weight is 257 g/mol. The summed E-state index contributed by atoms with van der Waals surface area (Å²) in [5, 5.41) is 3.25. The minimum Gasteiger partial charge on any atom is -0.316 e. The molecule has 1 aromatic heterocycles. The Kier molecular flexibility index (Phi) is 6.10. The van der Waals surface area contributed by atoms with Crippen LogP contribution in [0.5, 0.6) is 0 Å². The van der Waals surface area contributed by atoms with Gasteiger partial charge < -0.3 is 5.32 Å². The fourth-order valence-corrected chi connectivity index (χ4v) is 1.87. The Morgan fingerprint density at radius 2 is 2.06 bits per heavy atom. The average Bonchev–Trinajstić information content (AvgIpc) is 2.28. The molecule has 1 rings (SSSR count). The highest BCUT2D eigenvalue weighted by atomic mass is 32.2. The maximum atomic E-state index is 10.8. The van der Waals surface area contributed by atoms with Crippen molar-refractivity contribution in [3.8, 4) is 0 Å². The van der Waals surface area contributed by atoms with E-state index in [1.807, 2.05) is 18.2 Å². The fourth-order valence-electron chi connectivity index (χ4n) is 1.36. The zero-order chi connectivity index (χ0) is 12.6. The summed E-state index contributed by atoms with van der Waals surface area (Å²) in [6.07, 6.45) is 4.63. The topological polar surface area (TPSA) is 71.1 Å². The van der Waals surface area contributed by atoms with Crippen LogP contribution in [0, 0.1) is 0 Å². The molecule has 0 atom stereocenters. The molecule has 0 radical (unpaired) electrons. The van der Waals surface area contributed by atoms with Gasteiger partial charge in [-0.3, -0.25) is 4.98 Å². The Labute approximate surface area is 103 Å². The van der Waals surface area contributed by atoms with E-state index >= 15 is 0 Å². The molecule has 17 heavy (non-hydrogen) atoms. The predicted octanol–water partition coefficient (Wildman–Crippen LogP) is 0.153. The normalized spacial score (nSPS) is 11.6. The standard InChI is InChI=1S/C11H19N3O2S/c1-17(15,16)14-9-4-7-12-10-6-11-5-2-3-8-13-11/h2-3,5,8,12,14H,4,6-7,9-10H2,1H3. The Morgan fingerprint density at radius 3 is 2.71 bits per heavy atom. The van der Waals surface area contributed by atoms with Gasteiger partial charge in [-0.25, -0.2) is 13.1 Å². The zero-order valence-electron chi connectivity index (χ0n) is 10.0. The van der Waals surface area contributed by atoms with E-state index in [4.69, 9.17) is 0 Å². The van der Waals surface area contributed by atoms with E-state index in [-0.39, 0.29) is 0 Å². The number of hydrogen-bond acceptors (Lipinski definition) is 4. The first kappa shape index (κ1) is 14.1. The number of nitrogens with one attached hydrogen (secondary N) is 2. The van der Waals surface area contributed by atoms with Crippen LogP contribution in [0.15, 0.2) is 24.4 Å². The van der Waals surface area contributed by atoms with Crippen molar-refractivity contribution in [1.82, 2.24) is 15.0 Å². The van der Waals surface area contributed by atoms with E-state index in [0.29, 0.717) is 6.54 Å². The van der Waals surface area contributed by atoms with Crippen LogP contribution in [0.1, 0.15) is 12.1 Å². The molecule has 96 valence electrons. The van der Waals surface area contributed by atoms with Crippen molar-refractivity contribution < 1.29 is 8.42 Å². The molecule has 0 spiro atoms. The highest BCUT2D eigenvalue weighted by Gasteiger charge is 1.98. The van der Waals surface area contributed by atoms with Crippen LogP contribution in [0.2, 0.25) is 0 Å². The summed E-state index contributed by atoms with van der Waals surface area (Å²) in [6.45, 7) is 2.14. The SMILES string of the molecule is CS(=O)(=O)NCCCNCCc1ccccn1. The van der Waals surface area contributed by atoms with Gasteiger partial charge in [0.25, 0.3) is 0 Å². The molecular formula is C11H19N3O2S. The first-order valence-corrected chi connectivity index (χ1v) is 7.52. The van der Waals surface area contributed by atoms with Crippen molar-refractivity contribution >= 4 is 10.0 Å². The van der Waals surface area contributed by atoms with E-state index in [0.717, 1.165) is 31.6 Å². The second-order valence-electron chi connectivity index (χ2n) is 3.84. The third-order valence-electron chi connectivity index (χ3n) is 2.18. The molecule has 6 heteroatoms. The van der Waals surface area contributed by atoms with Gasteiger partial charge in [0.15, 0.2) is 0 Å². The number of hydrogen-bond donors (Lipinski definition) is 2. The maximum Gasteiger partial charge on any atom is 0.208 e. The molecule has 0 aliphatic carbocycles. The number of aromatic nitrogens is 1. The van der Waals surface area contributed by atoms with E-state index in [1.165, 1.54) is 6.26 Å². The first-order chi connectivity index (χ1) is 8.08. The van der Waals surface area contributed by atoms with Gasteiger partial charge >= 0.3 is 0 Å². The van der Waals surface area contributed by atoms with Crippen molar-refractivity contribution in [2.75, 3.05) is 25.9 Å². The monoisotopic (exact) mass is 257 g/mol. The number of sulfonamides is 1. The highest BCUT2D eigenvalue weighted by molar-refractivity contribution is 7.88. The lowest BCUT2D eigenvalue weighted by molar-refractivity contribution is 0.579. The molecular weight excluding hydrogens is 238 g/mol. The molecule has 0 aliphatic rings. The van der Waals surface area contributed by atoms with Crippen LogP contribution in [0.3, 0.4) is 0 Å². The Morgan fingerprint density at radius 1 is 1.24 bits per heavy atom. The Hall–Kier alpha value is -0.980. The molecule has 0 saturated heterocycles. The molecule has 0 unspecified atom stereocenters. The summed E-state index contributed by atoms with van der Waals surface area (Å²) in [5.74, 6) is 0. The lowest BCUT2D eigenvalue weighted by atomic mass is 10.3. The summed E-state index contributed by atoms with van der Waals surface area (Å²) in [5.41, 5.74) is 1.06. The molecule has 1 aromatic rings. The molecule has 0 bridgehead atoms. The van der Waals surface area contributed by atoms with Crippen LogP contribution in [0.4, 0.5) is 0 Å². The smallest absolute Gasteiger partial charge is 0.208 e. The predicted molar refractivity (Wildman–Crippen MR) is 68.3 cm³/mol. The molecule has 0 fully saturated rings. The minimum atomic E-state index is -3.05. The quantitative estimate of drug-likeness (QED) is 0.651. The van der Waals surface area contributed by atoms with Crippen molar-refractivity contribution in [3.63, 3.8) is 0 Å². The highest BCUT2D eigenvalue weighted by Crippen LogP contribution is 1.92. The molecule has 0 aliphatic heterocycles. The largest absolute Gasteiger partial charge is 0.316 e. The molecule has 0 saturated carbocycles. The van der Waals surface area contributed by atoms with E-state index in [1.54, 1.807) is 6.20 Å². The summed E-state index contributed by atoms with van der Waals surface area (Å²) in [6, 6.07) is 5.86. The number of nitrogens with zero attached hydrogens (tertiary/aromatic N) is 1. The van der Waals surface area contributed by atoms with Crippen LogP contribution < -0.4 is 10.0 Å². The van der Waals surface area contributed by atoms with Crippen molar-refractivity contribution in [2.24, 2.45) is 0 Å². The third kappa shape index (κ3) is 7.84. The van der Waals surface area contributed by atoms with Crippen molar-refractivity contribution in [1.29, 1.82) is 0 Å². The third-order valence-corrected chi connectivity index (χ3v) is 2.91. The molecule has 0 amide bonds. The van der Waals surface area contributed by atoms with Crippen LogP contribution in [-0.4, -0.2) is 39.3 Å². The summed E-state index contributed by atoms with van der Waals surface area (Å²) >= 11 is 0. The Balaban J connectivity index is 1.99. The van der Waals surface area contributed by atoms with E-state index < -0.39 is 10.0 Å². The second-order valence-corrected chi connectivity index (χ2v) is 5.67. The second kappa shape index (κ2) is 7.37. The molecule has 1 heterocycles.